The highest BCUT2D eigenvalue weighted by molar-refractivity contribution is 6.31. The van der Waals surface area contributed by atoms with Gasteiger partial charge in [0.15, 0.2) is 0 Å². The number of nitrogens with one attached hydrogen (secondary N) is 2. The van der Waals surface area contributed by atoms with E-state index in [1.165, 1.54) is 32.1 Å². The Hall–Kier alpha value is -2.33. The monoisotopic (exact) mass is 366 g/mol. The fourth-order valence-corrected chi connectivity index (χ4v) is 3.72. The number of halogens is 1. The summed E-state index contributed by atoms with van der Waals surface area (Å²) in [6, 6.07) is 14.4. The van der Waals surface area contributed by atoms with Crippen LogP contribution in [0.1, 0.15) is 37.7 Å². The third-order valence-corrected chi connectivity index (χ3v) is 5.47. The van der Waals surface area contributed by atoms with E-state index >= 15 is 0 Å². The van der Waals surface area contributed by atoms with Crippen molar-refractivity contribution in [2.24, 2.45) is 0 Å². The van der Waals surface area contributed by atoms with Crippen molar-refractivity contribution in [2.75, 3.05) is 10.6 Å². The molecule has 1 aromatic heterocycles. The molecular weight excluding hydrogens is 344 g/mol. The lowest BCUT2D eigenvalue weighted by atomic mass is 9.95. The number of hydrogen-bond acceptors (Lipinski definition) is 4. The van der Waals surface area contributed by atoms with Gasteiger partial charge in [-0.2, -0.15) is 4.98 Å². The molecule has 3 aromatic rings. The Balaban J connectivity index is 1.70. The van der Waals surface area contributed by atoms with Gasteiger partial charge in [0.2, 0.25) is 5.95 Å². The highest BCUT2D eigenvalue weighted by Gasteiger charge is 2.16. The van der Waals surface area contributed by atoms with Crippen LogP contribution in [-0.2, 0) is 0 Å². The van der Waals surface area contributed by atoms with E-state index < -0.39 is 0 Å². The molecule has 5 heteroatoms. The number of benzene rings is 2. The first-order chi connectivity index (χ1) is 12.7. The summed E-state index contributed by atoms with van der Waals surface area (Å²) < 4.78 is 0. The third kappa shape index (κ3) is 3.61. The zero-order chi connectivity index (χ0) is 17.9. The normalized spacial score (nSPS) is 15.2. The van der Waals surface area contributed by atoms with E-state index in [1.807, 2.05) is 43.3 Å². The van der Waals surface area contributed by atoms with Crippen molar-refractivity contribution >= 4 is 40.0 Å². The maximum atomic E-state index is 6.24. The number of para-hydroxylation sites is 1. The van der Waals surface area contributed by atoms with Crippen molar-refractivity contribution in [3.05, 3.63) is 53.1 Å². The van der Waals surface area contributed by atoms with Crippen LogP contribution in [-0.4, -0.2) is 16.0 Å². The van der Waals surface area contributed by atoms with Gasteiger partial charge in [-0.3, -0.25) is 0 Å². The predicted octanol–water partition coefficient (Wildman–Crippen LogP) is 6.08. The van der Waals surface area contributed by atoms with Crippen LogP contribution in [0, 0.1) is 6.92 Å². The van der Waals surface area contributed by atoms with Crippen LogP contribution < -0.4 is 10.6 Å². The molecule has 0 radical (unpaired) electrons. The molecule has 0 saturated heterocycles. The quantitative estimate of drug-likeness (QED) is 0.587. The minimum absolute atomic E-state index is 0.489. The SMILES string of the molecule is Cc1c(Cl)cccc1Nc1nc(NC2CCCCC2)c2ccccc2n1. The van der Waals surface area contributed by atoms with Crippen LogP contribution in [0.25, 0.3) is 10.9 Å². The van der Waals surface area contributed by atoms with Crippen LogP contribution in [0.4, 0.5) is 17.5 Å². The van der Waals surface area contributed by atoms with E-state index in [0.29, 0.717) is 12.0 Å². The Labute approximate surface area is 159 Å². The Bertz CT molecular complexity index is 919. The molecule has 0 atom stereocenters. The summed E-state index contributed by atoms with van der Waals surface area (Å²) >= 11 is 6.24. The first-order valence-corrected chi connectivity index (χ1v) is 9.64. The van der Waals surface area contributed by atoms with E-state index in [4.69, 9.17) is 16.6 Å². The van der Waals surface area contributed by atoms with E-state index in [2.05, 4.69) is 21.7 Å². The summed E-state index contributed by atoms with van der Waals surface area (Å²) in [5, 5.41) is 8.79. The highest BCUT2D eigenvalue weighted by atomic mass is 35.5. The van der Waals surface area contributed by atoms with E-state index in [1.54, 1.807) is 0 Å². The smallest absolute Gasteiger partial charge is 0.229 e. The lowest BCUT2D eigenvalue weighted by molar-refractivity contribution is 0.462. The molecule has 2 N–H and O–H groups in total. The Morgan fingerprint density at radius 1 is 0.962 bits per heavy atom. The summed E-state index contributed by atoms with van der Waals surface area (Å²) in [6.07, 6.45) is 6.31. The Kier molecular flexibility index (Phi) is 4.93. The predicted molar refractivity (Wildman–Crippen MR) is 110 cm³/mol. The van der Waals surface area contributed by atoms with Gasteiger partial charge >= 0.3 is 0 Å². The number of fused-ring (bicyclic) bond motifs is 1. The van der Waals surface area contributed by atoms with Crippen molar-refractivity contribution in [1.29, 1.82) is 0 Å². The maximum Gasteiger partial charge on any atom is 0.229 e. The van der Waals surface area contributed by atoms with Gasteiger partial charge in [0.05, 0.1) is 5.52 Å². The van der Waals surface area contributed by atoms with Crippen molar-refractivity contribution < 1.29 is 0 Å². The number of anilines is 3. The van der Waals surface area contributed by atoms with Gasteiger partial charge in [-0.15, -0.1) is 0 Å². The average molecular weight is 367 g/mol. The number of nitrogens with zero attached hydrogens (tertiary/aromatic N) is 2. The molecule has 1 aliphatic rings. The largest absolute Gasteiger partial charge is 0.367 e. The molecule has 0 aliphatic heterocycles. The van der Waals surface area contributed by atoms with Gasteiger partial charge in [0.25, 0.3) is 0 Å². The topological polar surface area (TPSA) is 49.8 Å². The van der Waals surface area contributed by atoms with Crippen molar-refractivity contribution in [1.82, 2.24) is 9.97 Å². The molecule has 0 unspecified atom stereocenters. The summed E-state index contributed by atoms with van der Waals surface area (Å²) in [6.45, 7) is 1.99. The molecule has 0 amide bonds. The van der Waals surface area contributed by atoms with E-state index in [0.717, 1.165) is 33.0 Å². The molecule has 1 aliphatic carbocycles. The van der Waals surface area contributed by atoms with Crippen LogP contribution >= 0.6 is 11.6 Å². The number of rotatable bonds is 4. The van der Waals surface area contributed by atoms with Gasteiger partial charge in [-0.25, -0.2) is 4.98 Å². The molecule has 4 rings (SSSR count). The second kappa shape index (κ2) is 7.50. The van der Waals surface area contributed by atoms with Gasteiger partial charge in [0, 0.05) is 22.1 Å². The fourth-order valence-electron chi connectivity index (χ4n) is 3.55. The first kappa shape index (κ1) is 17.1. The zero-order valence-electron chi connectivity index (χ0n) is 14.9. The van der Waals surface area contributed by atoms with E-state index in [-0.39, 0.29) is 0 Å². The van der Waals surface area contributed by atoms with Gasteiger partial charge in [-0.1, -0.05) is 49.1 Å². The fraction of sp³-hybridized carbons (Fsp3) is 0.333. The Morgan fingerprint density at radius 2 is 1.77 bits per heavy atom. The molecule has 0 spiro atoms. The number of hydrogen-bond donors (Lipinski definition) is 2. The van der Waals surface area contributed by atoms with Crippen LogP contribution in [0.15, 0.2) is 42.5 Å². The summed E-state index contributed by atoms with van der Waals surface area (Å²) in [7, 11) is 0. The van der Waals surface area contributed by atoms with Crippen LogP contribution in [0.5, 0.6) is 0 Å². The van der Waals surface area contributed by atoms with E-state index in [9.17, 15) is 0 Å². The molecule has 0 bridgehead atoms. The lowest BCUT2D eigenvalue weighted by Gasteiger charge is -2.24. The molecule has 134 valence electrons. The molecule has 1 fully saturated rings. The van der Waals surface area contributed by atoms with Gasteiger partial charge < -0.3 is 10.6 Å². The third-order valence-electron chi connectivity index (χ3n) is 5.06. The molecule has 26 heavy (non-hydrogen) atoms. The second-order valence-electron chi connectivity index (χ2n) is 6.93. The summed E-state index contributed by atoms with van der Waals surface area (Å²) in [5.74, 6) is 1.50. The van der Waals surface area contributed by atoms with Gasteiger partial charge in [-0.05, 0) is 49.6 Å². The van der Waals surface area contributed by atoms with Crippen molar-refractivity contribution in [2.45, 2.75) is 45.1 Å². The molecule has 1 saturated carbocycles. The molecule has 1 heterocycles. The maximum absolute atomic E-state index is 6.24. The summed E-state index contributed by atoms with van der Waals surface area (Å²) in [5.41, 5.74) is 2.85. The zero-order valence-corrected chi connectivity index (χ0v) is 15.7. The minimum Gasteiger partial charge on any atom is -0.367 e. The van der Waals surface area contributed by atoms with Crippen LogP contribution in [0.2, 0.25) is 5.02 Å². The first-order valence-electron chi connectivity index (χ1n) is 9.26. The summed E-state index contributed by atoms with van der Waals surface area (Å²) in [4.78, 5) is 9.47. The average Bonchev–Trinajstić information content (AvgIpc) is 2.66. The van der Waals surface area contributed by atoms with Crippen molar-refractivity contribution in [3.8, 4) is 0 Å². The Morgan fingerprint density at radius 3 is 2.62 bits per heavy atom. The minimum atomic E-state index is 0.489. The molecular formula is C21H23ClN4. The van der Waals surface area contributed by atoms with Gasteiger partial charge in [0.1, 0.15) is 5.82 Å². The van der Waals surface area contributed by atoms with Crippen molar-refractivity contribution in [3.63, 3.8) is 0 Å². The molecule has 2 aromatic carbocycles. The number of aromatic nitrogens is 2. The molecule has 4 nitrogen and oxygen atoms in total. The standard InChI is InChI=1S/C21H23ClN4/c1-14-17(22)11-7-13-18(14)24-21-25-19-12-6-5-10-16(19)20(26-21)23-15-8-3-2-4-9-15/h5-7,10-13,15H,2-4,8-9H2,1H3,(H2,23,24,25,26). The van der Waals surface area contributed by atoms with Crippen LogP contribution in [0.3, 0.4) is 0 Å². The highest BCUT2D eigenvalue weighted by Crippen LogP contribution is 2.29. The lowest BCUT2D eigenvalue weighted by Crippen LogP contribution is -2.23. The second-order valence-corrected chi connectivity index (χ2v) is 7.34.